The van der Waals surface area contributed by atoms with Crippen molar-refractivity contribution in [3.63, 3.8) is 0 Å². The van der Waals surface area contributed by atoms with Gasteiger partial charge in [-0.3, -0.25) is 23.4 Å². The Morgan fingerprint density at radius 3 is 2.24 bits per heavy atom. The number of phosphoric acid groups is 2. The minimum Gasteiger partial charge on any atom is -0.394 e. The highest BCUT2D eigenvalue weighted by Gasteiger charge is 2.50. The highest BCUT2D eigenvalue weighted by Crippen LogP contribution is 2.61. The number of H-pyrrole nitrogens is 1. The first-order chi connectivity index (χ1) is 17.6. The number of aliphatic hydroxyl groups excluding tert-OH is 5. The zero-order valence-corrected chi connectivity index (χ0v) is 21.6. The van der Waals surface area contributed by atoms with Gasteiger partial charge in [-0.15, -0.1) is 0 Å². The van der Waals surface area contributed by atoms with Crippen molar-refractivity contribution < 1.29 is 67.3 Å². The Labute approximate surface area is 213 Å². The van der Waals surface area contributed by atoms with E-state index in [9.17, 15) is 54.0 Å². The summed E-state index contributed by atoms with van der Waals surface area (Å²) in [4.78, 5) is 46.3. The topological polar surface area (TPSA) is 280 Å². The summed E-state index contributed by atoms with van der Waals surface area (Å²) >= 11 is 0. The molecule has 19 nitrogen and oxygen atoms in total. The van der Waals surface area contributed by atoms with Gasteiger partial charge in [-0.1, -0.05) is 0 Å². The van der Waals surface area contributed by atoms with Gasteiger partial charge in [0.2, 0.25) is 0 Å². The third kappa shape index (κ3) is 7.03. The lowest BCUT2D eigenvalue weighted by Crippen LogP contribution is -2.63. The van der Waals surface area contributed by atoms with E-state index in [0.717, 1.165) is 16.8 Å². The first-order valence-electron chi connectivity index (χ1n) is 10.9. The average molecular weight is 593 g/mol. The fraction of sp³-hybridized carbons (Fsp3) is 0.765. The molecule has 1 aromatic rings. The molecule has 38 heavy (non-hydrogen) atoms. The molecular weight excluding hydrogens is 564 g/mol. The van der Waals surface area contributed by atoms with E-state index in [2.05, 4.69) is 13.4 Å². The van der Waals surface area contributed by atoms with Crippen molar-refractivity contribution in [3.8, 4) is 0 Å². The zero-order chi connectivity index (χ0) is 28.6. The number of aliphatic hydroxyl groups is 5. The Morgan fingerprint density at radius 2 is 1.66 bits per heavy atom. The largest absolute Gasteiger partial charge is 0.483 e. The van der Waals surface area contributed by atoms with E-state index in [4.69, 9.17) is 9.47 Å². The lowest BCUT2D eigenvalue weighted by Gasteiger charge is -2.44. The van der Waals surface area contributed by atoms with Crippen molar-refractivity contribution in [1.82, 2.24) is 14.5 Å². The number of hydrogen-bond donors (Lipinski definition) is 8. The van der Waals surface area contributed by atoms with Gasteiger partial charge in [0.1, 0.15) is 36.6 Å². The first-order valence-corrected chi connectivity index (χ1v) is 13.9. The number of ether oxygens (including phenoxy) is 2. The fourth-order valence-corrected chi connectivity index (χ4v) is 6.12. The van der Waals surface area contributed by atoms with Gasteiger partial charge in [-0.05, 0) is 14.1 Å². The summed E-state index contributed by atoms with van der Waals surface area (Å²) in [6.07, 6.45) is -12.2. The van der Waals surface area contributed by atoms with Gasteiger partial charge in [0.25, 0.3) is 5.56 Å². The molecule has 0 saturated carbocycles. The Hall–Kier alpha value is -1.38. The summed E-state index contributed by atoms with van der Waals surface area (Å²) in [5.41, 5.74) is -1.72. The molecule has 11 atom stereocenters. The second kappa shape index (κ2) is 12.0. The number of rotatable bonds is 10. The quantitative estimate of drug-likeness (QED) is 0.119. The van der Waals surface area contributed by atoms with E-state index in [-0.39, 0.29) is 0 Å². The predicted octanol–water partition coefficient (Wildman–Crippen LogP) is -4.22. The standard InChI is InChI=1S/C17H29N3O16P2/c1-19(2)10-11(23)7(5-21)34-16(13(10)25)35-38(30,31)36-37(28,29)32-6-8-12(24)14(26)15(33-8)20-4-3-9(22)18-17(20)27/h3-4,7-8,10-16,21,23-26H,5-6H2,1-2H3,(H,28,29)(H,30,31)(H,18,22,27). The molecule has 0 radical (unpaired) electrons. The molecule has 0 aromatic carbocycles. The molecule has 1 aromatic heterocycles. The normalized spacial score (nSPS) is 37.2. The second-order valence-corrected chi connectivity index (χ2v) is 11.6. The van der Waals surface area contributed by atoms with E-state index in [1.807, 2.05) is 4.98 Å². The molecule has 0 spiro atoms. The van der Waals surface area contributed by atoms with Crippen molar-refractivity contribution in [2.45, 2.75) is 55.2 Å². The summed E-state index contributed by atoms with van der Waals surface area (Å²) in [5, 5.41) is 50.4. The second-order valence-electron chi connectivity index (χ2n) is 8.64. The Balaban J connectivity index is 1.63. The van der Waals surface area contributed by atoms with Gasteiger partial charge < -0.3 is 49.7 Å². The SMILES string of the molecule is CN(C)C1C(O)C(CO)OC(OP(=O)(O)OP(=O)(O)OCC2OC(n3ccc(=O)[nH]c3=O)C(O)C2O)C1O. The molecule has 21 heteroatoms. The molecule has 11 unspecified atom stereocenters. The van der Waals surface area contributed by atoms with Crippen LogP contribution in [0.1, 0.15) is 6.23 Å². The molecule has 3 rings (SSSR count). The zero-order valence-electron chi connectivity index (χ0n) is 19.9. The number of aromatic nitrogens is 2. The van der Waals surface area contributed by atoms with Gasteiger partial charge in [-0.25, -0.2) is 13.9 Å². The highest BCUT2D eigenvalue weighted by molar-refractivity contribution is 7.61. The van der Waals surface area contributed by atoms with E-state index < -0.39 is 95.3 Å². The van der Waals surface area contributed by atoms with Crippen LogP contribution in [0.2, 0.25) is 0 Å². The van der Waals surface area contributed by atoms with Gasteiger partial charge in [0.05, 0.1) is 19.3 Å². The maximum absolute atomic E-state index is 12.4. The van der Waals surface area contributed by atoms with Gasteiger partial charge in [0.15, 0.2) is 12.5 Å². The van der Waals surface area contributed by atoms with E-state index >= 15 is 0 Å². The minimum absolute atomic E-state index is 0.736. The Morgan fingerprint density at radius 1 is 1.00 bits per heavy atom. The molecular formula is C17H29N3O16P2. The van der Waals surface area contributed by atoms with E-state index in [1.165, 1.54) is 19.0 Å². The predicted molar refractivity (Wildman–Crippen MR) is 120 cm³/mol. The van der Waals surface area contributed by atoms with Crippen molar-refractivity contribution in [2.75, 3.05) is 27.3 Å². The first kappa shape index (κ1) is 31.2. The maximum Gasteiger partial charge on any atom is 0.483 e. The molecule has 0 amide bonds. The van der Waals surface area contributed by atoms with Gasteiger partial charge in [-0.2, -0.15) is 4.31 Å². The summed E-state index contributed by atoms with van der Waals surface area (Å²) in [6.45, 7) is -1.76. The Kier molecular flexibility index (Phi) is 9.85. The Bertz CT molecular complexity index is 1180. The summed E-state index contributed by atoms with van der Waals surface area (Å²) in [7, 11) is -8.08. The van der Waals surface area contributed by atoms with Gasteiger partial charge in [0, 0.05) is 12.3 Å². The molecule has 3 heterocycles. The number of aromatic amines is 1. The maximum atomic E-state index is 12.4. The van der Waals surface area contributed by atoms with Crippen LogP contribution in [0.15, 0.2) is 21.9 Å². The molecule has 2 aliphatic heterocycles. The molecule has 2 saturated heterocycles. The van der Waals surface area contributed by atoms with Crippen LogP contribution in [0.25, 0.3) is 0 Å². The molecule has 2 fully saturated rings. The summed E-state index contributed by atoms with van der Waals surface area (Å²) in [5.74, 6) is 0. The molecule has 8 N–H and O–H groups in total. The van der Waals surface area contributed by atoms with Crippen LogP contribution in [-0.2, 0) is 32.0 Å². The van der Waals surface area contributed by atoms with E-state index in [0.29, 0.717) is 0 Å². The summed E-state index contributed by atoms with van der Waals surface area (Å²) < 4.78 is 49.2. The van der Waals surface area contributed by atoms with Crippen LogP contribution in [-0.4, -0.2) is 126 Å². The van der Waals surface area contributed by atoms with Crippen molar-refractivity contribution in [2.24, 2.45) is 0 Å². The minimum atomic E-state index is -5.53. The third-order valence-electron chi connectivity index (χ3n) is 5.75. The van der Waals surface area contributed by atoms with Crippen LogP contribution in [0.4, 0.5) is 0 Å². The number of hydrogen-bond acceptors (Lipinski definition) is 15. The third-order valence-corrected chi connectivity index (χ3v) is 8.35. The molecule has 0 aliphatic carbocycles. The molecule has 218 valence electrons. The molecule has 2 aliphatic rings. The van der Waals surface area contributed by atoms with Gasteiger partial charge >= 0.3 is 21.3 Å². The van der Waals surface area contributed by atoms with Crippen molar-refractivity contribution in [1.29, 1.82) is 0 Å². The number of likely N-dealkylation sites (N-methyl/N-ethyl adjacent to an activating group) is 1. The lowest BCUT2D eigenvalue weighted by atomic mass is 9.95. The lowest BCUT2D eigenvalue weighted by molar-refractivity contribution is -0.266. The van der Waals surface area contributed by atoms with Crippen molar-refractivity contribution in [3.05, 3.63) is 33.1 Å². The van der Waals surface area contributed by atoms with Crippen LogP contribution in [0.3, 0.4) is 0 Å². The van der Waals surface area contributed by atoms with Crippen LogP contribution >= 0.6 is 15.6 Å². The van der Waals surface area contributed by atoms with Crippen molar-refractivity contribution >= 4 is 15.6 Å². The molecule has 0 bridgehead atoms. The van der Waals surface area contributed by atoms with Crippen LogP contribution in [0, 0.1) is 0 Å². The van der Waals surface area contributed by atoms with Crippen LogP contribution < -0.4 is 11.2 Å². The number of nitrogens with one attached hydrogen (secondary N) is 1. The number of nitrogens with zero attached hydrogens (tertiary/aromatic N) is 2. The monoisotopic (exact) mass is 593 g/mol. The summed E-state index contributed by atoms with van der Waals surface area (Å²) in [6, 6.07) is -0.196. The smallest absolute Gasteiger partial charge is 0.394 e. The fourth-order valence-electron chi connectivity index (χ4n) is 3.96. The van der Waals surface area contributed by atoms with E-state index in [1.54, 1.807) is 0 Å². The highest BCUT2D eigenvalue weighted by atomic mass is 31.3. The average Bonchev–Trinajstić information content (AvgIpc) is 3.07. The number of phosphoric ester groups is 2. The van der Waals surface area contributed by atoms with Crippen LogP contribution in [0.5, 0.6) is 0 Å².